The zero-order valence-electron chi connectivity index (χ0n) is 10.9. The molecule has 2 nitrogen and oxygen atoms in total. The fourth-order valence-corrected chi connectivity index (χ4v) is 2.58. The quantitative estimate of drug-likeness (QED) is 0.861. The first-order valence-corrected chi connectivity index (χ1v) is 6.77. The lowest BCUT2D eigenvalue weighted by Crippen LogP contribution is -2.49. The van der Waals surface area contributed by atoms with Gasteiger partial charge in [0.2, 0.25) is 0 Å². The van der Waals surface area contributed by atoms with E-state index in [-0.39, 0.29) is 0 Å². The zero-order valence-corrected chi connectivity index (χ0v) is 10.9. The van der Waals surface area contributed by atoms with Crippen molar-refractivity contribution in [3.63, 3.8) is 0 Å². The summed E-state index contributed by atoms with van der Waals surface area (Å²) in [4.78, 5) is 0. The van der Waals surface area contributed by atoms with Crippen molar-refractivity contribution in [2.24, 2.45) is 0 Å². The predicted octanol–water partition coefficient (Wildman–Crippen LogP) is 3.29. The molecule has 1 aliphatic rings. The molecule has 17 heavy (non-hydrogen) atoms. The van der Waals surface area contributed by atoms with Gasteiger partial charge in [0.05, 0.1) is 18.8 Å². The molecule has 0 spiro atoms. The van der Waals surface area contributed by atoms with E-state index in [0.717, 1.165) is 19.4 Å². The molecule has 3 atom stereocenters. The van der Waals surface area contributed by atoms with Gasteiger partial charge in [0.25, 0.3) is 0 Å². The van der Waals surface area contributed by atoms with E-state index in [4.69, 9.17) is 4.74 Å². The van der Waals surface area contributed by atoms with E-state index in [2.05, 4.69) is 49.5 Å². The molecule has 1 saturated heterocycles. The van der Waals surface area contributed by atoms with Crippen LogP contribution in [0.1, 0.15) is 44.7 Å². The summed E-state index contributed by atoms with van der Waals surface area (Å²) in [7, 11) is 0. The highest BCUT2D eigenvalue weighted by Crippen LogP contribution is 2.24. The van der Waals surface area contributed by atoms with Crippen molar-refractivity contribution in [1.82, 2.24) is 5.32 Å². The summed E-state index contributed by atoms with van der Waals surface area (Å²) in [5.74, 6) is 0. The van der Waals surface area contributed by atoms with Crippen LogP contribution in [-0.4, -0.2) is 18.8 Å². The summed E-state index contributed by atoms with van der Waals surface area (Å²) in [5, 5.41) is 3.73. The number of nitrogens with one attached hydrogen (secondary N) is 1. The first-order chi connectivity index (χ1) is 8.35. The molecule has 2 heteroatoms. The van der Waals surface area contributed by atoms with E-state index >= 15 is 0 Å². The molecule has 0 saturated carbocycles. The Hall–Kier alpha value is -0.860. The Morgan fingerprint density at radius 3 is 2.65 bits per heavy atom. The number of benzene rings is 1. The maximum atomic E-state index is 6.03. The van der Waals surface area contributed by atoms with Gasteiger partial charge in [-0.3, -0.25) is 0 Å². The van der Waals surface area contributed by atoms with Crippen LogP contribution in [-0.2, 0) is 4.74 Å². The molecular weight excluding hydrogens is 210 g/mol. The molecule has 0 radical (unpaired) electrons. The summed E-state index contributed by atoms with van der Waals surface area (Å²) in [6.45, 7) is 5.25. The first-order valence-electron chi connectivity index (χ1n) is 6.77. The van der Waals surface area contributed by atoms with Crippen LogP contribution in [0.2, 0.25) is 0 Å². The van der Waals surface area contributed by atoms with Gasteiger partial charge in [0.15, 0.2) is 0 Å². The molecule has 1 aromatic rings. The van der Waals surface area contributed by atoms with Crippen molar-refractivity contribution in [2.45, 2.75) is 51.3 Å². The topological polar surface area (TPSA) is 21.3 Å². The predicted molar refractivity (Wildman–Crippen MR) is 71.0 cm³/mol. The van der Waals surface area contributed by atoms with E-state index in [9.17, 15) is 0 Å². The minimum atomic E-state index is 0.356. The number of rotatable bonds is 4. The van der Waals surface area contributed by atoms with Crippen molar-refractivity contribution < 1.29 is 4.74 Å². The Labute approximate surface area is 104 Å². The monoisotopic (exact) mass is 233 g/mol. The molecule has 2 rings (SSSR count). The fourth-order valence-electron chi connectivity index (χ4n) is 2.58. The Morgan fingerprint density at radius 1 is 1.24 bits per heavy atom. The van der Waals surface area contributed by atoms with Crippen LogP contribution in [0.15, 0.2) is 30.3 Å². The van der Waals surface area contributed by atoms with Crippen molar-refractivity contribution >= 4 is 0 Å². The van der Waals surface area contributed by atoms with E-state index in [1.807, 2.05) is 0 Å². The third kappa shape index (κ3) is 3.08. The second-order valence-electron chi connectivity index (χ2n) is 4.81. The van der Waals surface area contributed by atoms with Crippen LogP contribution in [0.5, 0.6) is 0 Å². The van der Waals surface area contributed by atoms with Gasteiger partial charge in [-0.25, -0.2) is 0 Å². The summed E-state index contributed by atoms with van der Waals surface area (Å²) in [5.41, 5.74) is 1.33. The van der Waals surface area contributed by atoms with Gasteiger partial charge in [-0.1, -0.05) is 50.6 Å². The molecule has 0 amide bonds. The third-order valence-corrected chi connectivity index (χ3v) is 3.56. The van der Waals surface area contributed by atoms with Gasteiger partial charge >= 0.3 is 0 Å². The maximum absolute atomic E-state index is 6.03. The smallest absolute Gasteiger partial charge is 0.0729 e. The Balaban J connectivity index is 2.01. The average molecular weight is 233 g/mol. The van der Waals surface area contributed by atoms with Crippen molar-refractivity contribution in [3.05, 3.63) is 35.9 Å². The minimum Gasteiger partial charge on any atom is -0.375 e. The van der Waals surface area contributed by atoms with Gasteiger partial charge < -0.3 is 10.1 Å². The van der Waals surface area contributed by atoms with Crippen molar-refractivity contribution in [2.75, 3.05) is 6.61 Å². The van der Waals surface area contributed by atoms with Gasteiger partial charge in [0.1, 0.15) is 0 Å². The minimum absolute atomic E-state index is 0.356. The molecule has 94 valence electrons. The van der Waals surface area contributed by atoms with Crippen LogP contribution >= 0.6 is 0 Å². The molecule has 1 N–H and O–H groups in total. The number of ether oxygens (including phenoxy) is 1. The molecule has 1 heterocycles. The van der Waals surface area contributed by atoms with Crippen molar-refractivity contribution in [1.29, 1.82) is 0 Å². The molecule has 1 aliphatic heterocycles. The zero-order chi connectivity index (χ0) is 12.1. The van der Waals surface area contributed by atoms with Gasteiger partial charge in [-0.05, 0) is 18.4 Å². The van der Waals surface area contributed by atoms with Gasteiger partial charge in [0, 0.05) is 6.04 Å². The fraction of sp³-hybridized carbons (Fsp3) is 0.600. The first kappa shape index (κ1) is 12.6. The molecule has 0 aromatic heterocycles. The summed E-state index contributed by atoms with van der Waals surface area (Å²) >= 11 is 0. The normalized spacial score (nSPS) is 29.2. The molecule has 1 aromatic carbocycles. The van der Waals surface area contributed by atoms with Crippen LogP contribution in [0.3, 0.4) is 0 Å². The Bertz CT molecular complexity index is 325. The van der Waals surface area contributed by atoms with Crippen LogP contribution < -0.4 is 5.32 Å². The Morgan fingerprint density at radius 2 is 2.00 bits per heavy atom. The van der Waals surface area contributed by atoms with Gasteiger partial charge in [-0.15, -0.1) is 0 Å². The largest absolute Gasteiger partial charge is 0.375 e. The summed E-state index contributed by atoms with van der Waals surface area (Å²) < 4.78 is 6.03. The summed E-state index contributed by atoms with van der Waals surface area (Å²) in [6.07, 6.45) is 3.88. The average Bonchev–Trinajstić information content (AvgIpc) is 2.40. The molecule has 0 aliphatic carbocycles. The lowest BCUT2D eigenvalue weighted by atomic mass is 9.97. The number of hydrogen-bond donors (Lipinski definition) is 1. The lowest BCUT2D eigenvalue weighted by molar-refractivity contribution is -0.0335. The SMILES string of the molecule is CCCC1OCC(c2ccccc2)NC1CC. The van der Waals surface area contributed by atoms with Crippen LogP contribution in [0.25, 0.3) is 0 Å². The Kier molecular flexibility index (Phi) is 4.57. The second-order valence-corrected chi connectivity index (χ2v) is 4.81. The number of morpholine rings is 1. The van der Waals surface area contributed by atoms with E-state index in [1.54, 1.807) is 0 Å². The maximum Gasteiger partial charge on any atom is 0.0729 e. The van der Waals surface area contributed by atoms with E-state index in [1.165, 1.54) is 12.0 Å². The highest BCUT2D eigenvalue weighted by molar-refractivity contribution is 5.19. The molecule has 0 bridgehead atoms. The molecule has 1 fully saturated rings. The van der Waals surface area contributed by atoms with Crippen LogP contribution in [0.4, 0.5) is 0 Å². The molecule has 3 unspecified atom stereocenters. The third-order valence-electron chi connectivity index (χ3n) is 3.56. The second kappa shape index (κ2) is 6.18. The molecular formula is C15H23NO. The number of hydrogen-bond acceptors (Lipinski definition) is 2. The lowest BCUT2D eigenvalue weighted by Gasteiger charge is -2.37. The van der Waals surface area contributed by atoms with Gasteiger partial charge in [-0.2, -0.15) is 0 Å². The van der Waals surface area contributed by atoms with Crippen LogP contribution in [0, 0.1) is 0 Å². The van der Waals surface area contributed by atoms with Crippen molar-refractivity contribution in [3.8, 4) is 0 Å². The summed E-state index contributed by atoms with van der Waals surface area (Å²) in [6, 6.07) is 11.4. The standard InChI is InChI=1S/C15H23NO/c1-3-8-15-13(4-2)16-14(11-17-15)12-9-6-5-7-10-12/h5-7,9-10,13-16H,3-4,8,11H2,1-2H3. The van der Waals surface area contributed by atoms with E-state index < -0.39 is 0 Å². The highest BCUT2D eigenvalue weighted by Gasteiger charge is 2.29. The highest BCUT2D eigenvalue weighted by atomic mass is 16.5. The van der Waals surface area contributed by atoms with E-state index in [0.29, 0.717) is 18.2 Å².